The summed E-state index contributed by atoms with van der Waals surface area (Å²) in [6.07, 6.45) is 0. The molecule has 0 fully saturated rings. The lowest BCUT2D eigenvalue weighted by Gasteiger charge is -2.13. The van der Waals surface area contributed by atoms with Gasteiger partial charge < -0.3 is 15.2 Å². The molecule has 0 unspecified atom stereocenters. The molecule has 2 N–H and O–H groups in total. The predicted molar refractivity (Wildman–Crippen MR) is 102 cm³/mol. The maximum atomic E-state index is 9.84. The van der Waals surface area contributed by atoms with Gasteiger partial charge in [-0.15, -0.1) is 0 Å². The van der Waals surface area contributed by atoms with Gasteiger partial charge in [0.2, 0.25) is 12.5 Å². The van der Waals surface area contributed by atoms with Crippen LogP contribution in [0.15, 0.2) is 58.5 Å². The topological polar surface area (TPSA) is 85.5 Å². The van der Waals surface area contributed by atoms with Gasteiger partial charge in [0.25, 0.3) is 0 Å². The van der Waals surface area contributed by atoms with Crippen molar-refractivity contribution in [2.45, 2.75) is 9.92 Å². The summed E-state index contributed by atoms with van der Waals surface area (Å²) in [6, 6.07) is 17.1. The minimum Gasteiger partial charge on any atom is -0.454 e. The van der Waals surface area contributed by atoms with Crippen LogP contribution in [0.2, 0.25) is 0 Å². The molecular formula is C20H12N4O2S. The van der Waals surface area contributed by atoms with Crippen LogP contribution in [0.1, 0.15) is 5.56 Å². The SMILES string of the molecule is [C-]#[N+]c1c(N)nc(Sc2ccccc2)c(C#N)c1-c1ccc2c(c1)OCO2. The third-order valence-corrected chi connectivity index (χ3v) is 5.00. The average Bonchev–Trinajstić information content (AvgIpc) is 3.16. The van der Waals surface area contributed by atoms with Gasteiger partial charge >= 0.3 is 0 Å². The first-order valence-corrected chi connectivity index (χ1v) is 8.77. The van der Waals surface area contributed by atoms with Crippen LogP contribution in [-0.4, -0.2) is 11.8 Å². The Hall–Kier alpha value is -3.68. The molecule has 0 aliphatic carbocycles. The number of hydrogen-bond donors (Lipinski definition) is 1. The van der Waals surface area contributed by atoms with Crippen molar-refractivity contribution in [1.82, 2.24) is 4.98 Å². The number of rotatable bonds is 3. The van der Waals surface area contributed by atoms with Crippen LogP contribution >= 0.6 is 11.8 Å². The third kappa shape index (κ3) is 3.01. The Labute approximate surface area is 160 Å². The van der Waals surface area contributed by atoms with E-state index in [1.807, 2.05) is 30.3 Å². The second kappa shape index (κ2) is 6.91. The molecule has 4 rings (SSSR count). The van der Waals surface area contributed by atoms with Crippen LogP contribution in [0.25, 0.3) is 16.0 Å². The van der Waals surface area contributed by atoms with Crippen molar-refractivity contribution < 1.29 is 9.47 Å². The molecular weight excluding hydrogens is 360 g/mol. The van der Waals surface area contributed by atoms with E-state index < -0.39 is 0 Å². The third-order valence-electron chi connectivity index (χ3n) is 4.01. The summed E-state index contributed by atoms with van der Waals surface area (Å²) in [5, 5.41) is 10.3. The first-order valence-electron chi connectivity index (χ1n) is 7.95. The maximum Gasteiger partial charge on any atom is 0.236 e. The number of aromatic nitrogens is 1. The molecule has 7 heteroatoms. The monoisotopic (exact) mass is 372 g/mol. The lowest BCUT2D eigenvalue weighted by Crippen LogP contribution is -1.99. The fourth-order valence-corrected chi connectivity index (χ4v) is 3.71. The summed E-state index contributed by atoms with van der Waals surface area (Å²) in [6.45, 7) is 7.67. The molecule has 0 bridgehead atoms. The van der Waals surface area contributed by atoms with Crippen molar-refractivity contribution in [3.05, 3.63) is 65.5 Å². The van der Waals surface area contributed by atoms with E-state index in [2.05, 4.69) is 15.9 Å². The van der Waals surface area contributed by atoms with E-state index in [0.29, 0.717) is 33.2 Å². The van der Waals surface area contributed by atoms with E-state index >= 15 is 0 Å². The lowest BCUT2D eigenvalue weighted by molar-refractivity contribution is 0.174. The number of nitriles is 1. The van der Waals surface area contributed by atoms with Crippen LogP contribution < -0.4 is 15.2 Å². The fourth-order valence-electron chi connectivity index (χ4n) is 2.80. The van der Waals surface area contributed by atoms with Crippen molar-refractivity contribution in [2.24, 2.45) is 0 Å². The quantitative estimate of drug-likeness (QED) is 0.675. The highest BCUT2D eigenvalue weighted by Gasteiger charge is 2.23. The summed E-state index contributed by atoms with van der Waals surface area (Å²) in [4.78, 5) is 8.77. The predicted octanol–water partition coefficient (Wildman–Crippen LogP) is 4.63. The van der Waals surface area contributed by atoms with Crippen molar-refractivity contribution in [3.8, 4) is 28.7 Å². The highest BCUT2D eigenvalue weighted by molar-refractivity contribution is 7.99. The van der Waals surface area contributed by atoms with Crippen LogP contribution in [0.4, 0.5) is 11.5 Å². The fraction of sp³-hybridized carbons (Fsp3) is 0.0500. The van der Waals surface area contributed by atoms with Crippen molar-refractivity contribution >= 4 is 23.3 Å². The van der Waals surface area contributed by atoms with Gasteiger partial charge in [0.15, 0.2) is 11.5 Å². The first-order chi connectivity index (χ1) is 13.2. The molecule has 0 saturated carbocycles. The van der Waals surface area contributed by atoms with Crippen LogP contribution in [0.3, 0.4) is 0 Å². The van der Waals surface area contributed by atoms with Crippen LogP contribution in [0.5, 0.6) is 11.5 Å². The zero-order chi connectivity index (χ0) is 18.8. The Morgan fingerprint density at radius 2 is 1.93 bits per heavy atom. The molecule has 0 spiro atoms. The van der Waals surface area contributed by atoms with E-state index in [9.17, 15) is 5.26 Å². The molecule has 1 aromatic heterocycles. The Balaban J connectivity index is 1.92. The number of ether oxygens (including phenoxy) is 2. The number of fused-ring (bicyclic) bond motifs is 1. The highest BCUT2D eigenvalue weighted by atomic mass is 32.2. The molecule has 1 aliphatic heterocycles. The summed E-state index contributed by atoms with van der Waals surface area (Å²) in [7, 11) is 0. The van der Waals surface area contributed by atoms with E-state index in [4.69, 9.17) is 21.8 Å². The second-order valence-electron chi connectivity index (χ2n) is 5.61. The van der Waals surface area contributed by atoms with Crippen LogP contribution in [-0.2, 0) is 0 Å². The van der Waals surface area contributed by atoms with Crippen molar-refractivity contribution in [1.29, 1.82) is 5.26 Å². The van der Waals surface area contributed by atoms with Gasteiger partial charge in [0.05, 0.1) is 12.1 Å². The summed E-state index contributed by atoms with van der Waals surface area (Å²) < 4.78 is 10.8. The molecule has 0 radical (unpaired) electrons. The van der Waals surface area contributed by atoms with Gasteiger partial charge in [-0.25, -0.2) is 9.83 Å². The number of pyridine rings is 1. The van der Waals surface area contributed by atoms with Gasteiger partial charge in [-0.2, -0.15) is 5.26 Å². The molecule has 6 nitrogen and oxygen atoms in total. The van der Waals surface area contributed by atoms with Crippen molar-refractivity contribution in [2.75, 3.05) is 12.5 Å². The zero-order valence-electron chi connectivity index (χ0n) is 14.0. The van der Waals surface area contributed by atoms with Crippen LogP contribution in [0, 0.1) is 17.9 Å². The smallest absolute Gasteiger partial charge is 0.236 e. The number of hydrogen-bond acceptors (Lipinski definition) is 6. The van der Waals surface area contributed by atoms with Gasteiger partial charge in [-0.05, 0) is 29.8 Å². The number of nitrogen functional groups attached to an aromatic ring is 1. The average molecular weight is 372 g/mol. The lowest BCUT2D eigenvalue weighted by atomic mass is 9.99. The summed E-state index contributed by atoms with van der Waals surface area (Å²) in [5.74, 6) is 1.29. The molecule has 2 heterocycles. The van der Waals surface area contributed by atoms with Crippen molar-refractivity contribution in [3.63, 3.8) is 0 Å². The molecule has 3 aromatic rings. The molecule has 1 aliphatic rings. The zero-order valence-corrected chi connectivity index (χ0v) is 14.8. The molecule has 130 valence electrons. The number of benzene rings is 2. The molecule has 0 saturated heterocycles. The van der Waals surface area contributed by atoms with Gasteiger partial charge in [-0.1, -0.05) is 36.0 Å². The Bertz CT molecular complexity index is 1120. The van der Waals surface area contributed by atoms with Gasteiger partial charge in [0.1, 0.15) is 16.9 Å². The van der Waals surface area contributed by atoms with E-state index in [0.717, 1.165) is 4.90 Å². The minimum atomic E-state index is 0.0927. The van der Waals surface area contributed by atoms with E-state index in [1.54, 1.807) is 18.2 Å². The number of nitrogens with zero attached hydrogens (tertiary/aromatic N) is 3. The molecule has 27 heavy (non-hydrogen) atoms. The Morgan fingerprint density at radius 1 is 1.15 bits per heavy atom. The largest absolute Gasteiger partial charge is 0.454 e. The molecule has 0 atom stereocenters. The standard InChI is InChI=1S/C20H12N4O2S/c1-23-18-17(12-7-8-15-16(9-12)26-11-25-15)14(10-21)20(24-19(18)22)27-13-5-3-2-4-6-13/h2-9H,11H2,(H2,22,24). The Morgan fingerprint density at radius 3 is 2.67 bits per heavy atom. The summed E-state index contributed by atoms with van der Waals surface area (Å²) >= 11 is 1.33. The first kappa shape index (κ1) is 16.8. The number of nitrogens with two attached hydrogens (primary N) is 1. The van der Waals surface area contributed by atoms with Gasteiger partial charge in [-0.3, -0.25) is 0 Å². The maximum absolute atomic E-state index is 9.84. The highest BCUT2D eigenvalue weighted by Crippen LogP contribution is 2.45. The normalized spacial score (nSPS) is 11.6. The summed E-state index contributed by atoms with van der Waals surface area (Å²) in [5.41, 5.74) is 7.63. The molecule has 0 amide bonds. The second-order valence-corrected chi connectivity index (χ2v) is 6.67. The van der Waals surface area contributed by atoms with E-state index in [-0.39, 0.29) is 18.3 Å². The minimum absolute atomic E-state index is 0.0927. The Kier molecular flexibility index (Phi) is 4.29. The van der Waals surface area contributed by atoms with E-state index in [1.165, 1.54) is 11.8 Å². The number of anilines is 1. The molecule has 2 aromatic carbocycles. The van der Waals surface area contributed by atoms with Gasteiger partial charge in [0, 0.05) is 10.5 Å².